The number of ether oxygens (including phenoxy) is 1. The first-order valence-corrected chi connectivity index (χ1v) is 3.76. The van der Waals surface area contributed by atoms with E-state index < -0.39 is 0 Å². The van der Waals surface area contributed by atoms with Gasteiger partial charge in [0.15, 0.2) is 0 Å². The largest absolute Gasteiger partial charge is 0.353 e. The Hall–Kier alpha value is -0.570. The smallest absolute Gasteiger partial charge is 0.218 e. The number of hydrogen-bond donors (Lipinski definition) is 1. The molecule has 1 N–H and O–H groups in total. The molecular weight excluding hydrogens is 142 g/mol. The molecule has 0 bridgehead atoms. The van der Waals surface area contributed by atoms with Crippen molar-refractivity contribution in [1.82, 2.24) is 5.32 Å². The molecule has 0 rings (SSSR count). The van der Waals surface area contributed by atoms with Gasteiger partial charge in [0.25, 0.3) is 0 Å². The Balaban J connectivity index is 3.69. The maximum Gasteiger partial charge on any atom is 0.218 e. The van der Waals surface area contributed by atoms with Crippen LogP contribution in [0.1, 0.15) is 34.6 Å². The van der Waals surface area contributed by atoms with Crippen molar-refractivity contribution >= 4 is 5.91 Å². The van der Waals surface area contributed by atoms with E-state index in [0.717, 1.165) is 0 Å². The van der Waals surface area contributed by atoms with Crippen molar-refractivity contribution in [2.24, 2.45) is 0 Å². The van der Waals surface area contributed by atoms with Gasteiger partial charge in [0.2, 0.25) is 5.91 Å². The molecule has 0 aliphatic rings. The first kappa shape index (κ1) is 10.4. The molecule has 0 saturated carbocycles. The molecule has 0 aliphatic heterocycles. The molecule has 0 aromatic carbocycles. The molecule has 0 fully saturated rings. The van der Waals surface area contributed by atoms with Crippen LogP contribution in [0.2, 0.25) is 0 Å². The summed E-state index contributed by atoms with van der Waals surface area (Å²) < 4.78 is 5.42. The normalized spacial score (nSPS) is 14.3. The maximum atomic E-state index is 10.5. The Kier molecular flexibility index (Phi) is 3.52. The molecule has 3 heteroatoms. The minimum absolute atomic E-state index is 0.0678. The van der Waals surface area contributed by atoms with Gasteiger partial charge < -0.3 is 10.1 Å². The highest BCUT2D eigenvalue weighted by Crippen LogP contribution is 2.08. The van der Waals surface area contributed by atoms with Crippen molar-refractivity contribution in [1.29, 1.82) is 0 Å². The van der Waals surface area contributed by atoms with E-state index in [9.17, 15) is 4.79 Å². The Morgan fingerprint density at radius 3 is 2.18 bits per heavy atom. The van der Waals surface area contributed by atoms with E-state index in [1.54, 1.807) is 0 Å². The molecule has 0 aliphatic carbocycles. The fourth-order valence-electron chi connectivity index (χ4n) is 0.846. The first-order valence-electron chi connectivity index (χ1n) is 3.76. The zero-order valence-corrected chi connectivity index (χ0v) is 7.89. The van der Waals surface area contributed by atoms with Crippen LogP contribution in [0, 0.1) is 0 Å². The predicted molar refractivity (Wildman–Crippen MR) is 44.1 cm³/mol. The summed E-state index contributed by atoms with van der Waals surface area (Å²) >= 11 is 0. The van der Waals surface area contributed by atoms with Gasteiger partial charge in [-0.3, -0.25) is 4.79 Å². The Morgan fingerprint density at radius 2 is 1.91 bits per heavy atom. The van der Waals surface area contributed by atoms with Crippen LogP contribution in [0.25, 0.3) is 0 Å². The van der Waals surface area contributed by atoms with Crippen molar-refractivity contribution < 1.29 is 9.53 Å². The van der Waals surface area contributed by atoms with Crippen LogP contribution in [0.3, 0.4) is 0 Å². The van der Waals surface area contributed by atoms with Crippen LogP contribution in [-0.2, 0) is 9.53 Å². The summed E-state index contributed by atoms with van der Waals surface area (Å²) in [5.74, 6) is -0.0678. The van der Waals surface area contributed by atoms with Crippen molar-refractivity contribution in [3.05, 3.63) is 0 Å². The Bertz CT molecular complexity index is 138. The van der Waals surface area contributed by atoms with Crippen molar-refractivity contribution in [2.45, 2.75) is 46.4 Å². The molecule has 11 heavy (non-hydrogen) atoms. The quantitative estimate of drug-likeness (QED) is 0.616. The highest BCUT2D eigenvalue weighted by atomic mass is 16.5. The number of amides is 1. The van der Waals surface area contributed by atoms with E-state index in [4.69, 9.17) is 4.74 Å². The second-order valence-corrected chi connectivity index (χ2v) is 3.57. The SMILES string of the molecule is CC(=O)NC(C)OC(C)(C)C. The summed E-state index contributed by atoms with van der Waals surface area (Å²) in [6, 6.07) is 0. The van der Waals surface area contributed by atoms with Gasteiger partial charge in [-0.05, 0) is 27.7 Å². The van der Waals surface area contributed by atoms with E-state index in [2.05, 4.69) is 5.32 Å². The third kappa shape index (κ3) is 7.33. The van der Waals surface area contributed by atoms with E-state index in [1.165, 1.54) is 6.92 Å². The maximum absolute atomic E-state index is 10.5. The molecule has 0 radical (unpaired) electrons. The Labute approximate surface area is 68.1 Å². The molecule has 0 spiro atoms. The molecule has 0 aromatic heterocycles. The summed E-state index contributed by atoms with van der Waals surface area (Å²) in [7, 11) is 0. The van der Waals surface area contributed by atoms with Crippen LogP contribution >= 0.6 is 0 Å². The average Bonchev–Trinajstić information content (AvgIpc) is 1.53. The lowest BCUT2D eigenvalue weighted by atomic mass is 10.2. The lowest BCUT2D eigenvalue weighted by molar-refractivity contribution is -0.127. The third-order valence-corrected chi connectivity index (χ3v) is 0.937. The van der Waals surface area contributed by atoms with Gasteiger partial charge in [0.1, 0.15) is 6.23 Å². The topological polar surface area (TPSA) is 38.3 Å². The lowest BCUT2D eigenvalue weighted by Crippen LogP contribution is -2.38. The molecule has 1 amide bonds. The summed E-state index contributed by atoms with van der Waals surface area (Å²) in [5, 5.41) is 2.64. The van der Waals surface area contributed by atoms with Crippen LogP contribution in [-0.4, -0.2) is 17.7 Å². The molecular formula is C8H17NO2. The van der Waals surface area contributed by atoms with Crippen LogP contribution in [0.5, 0.6) is 0 Å². The van der Waals surface area contributed by atoms with Gasteiger partial charge in [-0.2, -0.15) is 0 Å². The summed E-state index contributed by atoms with van der Waals surface area (Å²) in [6.45, 7) is 9.14. The second-order valence-electron chi connectivity index (χ2n) is 3.57. The minimum Gasteiger partial charge on any atom is -0.353 e. The number of hydrogen-bond acceptors (Lipinski definition) is 2. The average molecular weight is 159 g/mol. The molecule has 3 nitrogen and oxygen atoms in total. The monoisotopic (exact) mass is 159 g/mol. The van der Waals surface area contributed by atoms with Gasteiger partial charge in [0, 0.05) is 6.92 Å². The van der Waals surface area contributed by atoms with Crippen LogP contribution < -0.4 is 5.32 Å². The van der Waals surface area contributed by atoms with Crippen molar-refractivity contribution in [3.63, 3.8) is 0 Å². The third-order valence-electron chi connectivity index (χ3n) is 0.937. The number of nitrogens with one attached hydrogen (secondary N) is 1. The number of rotatable bonds is 2. The predicted octanol–water partition coefficient (Wildman–Crippen LogP) is 1.28. The Morgan fingerprint density at radius 1 is 1.45 bits per heavy atom. The molecule has 0 saturated heterocycles. The highest BCUT2D eigenvalue weighted by molar-refractivity contribution is 5.72. The van der Waals surface area contributed by atoms with Gasteiger partial charge in [0.05, 0.1) is 5.60 Å². The van der Waals surface area contributed by atoms with Crippen molar-refractivity contribution in [2.75, 3.05) is 0 Å². The lowest BCUT2D eigenvalue weighted by Gasteiger charge is -2.25. The molecule has 0 aromatic rings. The zero-order valence-electron chi connectivity index (χ0n) is 7.89. The molecule has 0 heterocycles. The summed E-state index contributed by atoms with van der Waals surface area (Å²) in [5.41, 5.74) is -0.206. The second kappa shape index (κ2) is 3.72. The van der Waals surface area contributed by atoms with Gasteiger partial charge in [-0.1, -0.05) is 0 Å². The van der Waals surface area contributed by atoms with Crippen LogP contribution in [0.4, 0.5) is 0 Å². The number of carbonyl (C=O) groups is 1. The van der Waals surface area contributed by atoms with Gasteiger partial charge in [-0.15, -0.1) is 0 Å². The van der Waals surface area contributed by atoms with Gasteiger partial charge >= 0.3 is 0 Å². The minimum atomic E-state index is -0.215. The summed E-state index contributed by atoms with van der Waals surface area (Å²) in [4.78, 5) is 10.5. The molecule has 66 valence electrons. The standard InChI is InChI=1S/C8H17NO2/c1-6(10)9-7(2)11-8(3,4)5/h7H,1-5H3,(H,9,10). The van der Waals surface area contributed by atoms with Crippen LogP contribution in [0.15, 0.2) is 0 Å². The summed E-state index contributed by atoms with van der Waals surface area (Å²) in [6.07, 6.45) is -0.215. The highest BCUT2D eigenvalue weighted by Gasteiger charge is 2.14. The van der Waals surface area contributed by atoms with E-state index in [0.29, 0.717) is 0 Å². The fourth-order valence-corrected chi connectivity index (χ4v) is 0.846. The van der Waals surface area contributed by atoms with E-state index >= 15 is 0 Å². The fraction of sp³-hybridized carbons (Fsp3) is 0.875. The van der Waals surface area contributed by atoms with Crippen molar-refractivity contribution in [3.8, 4) is 0 Å². The molecule has 1 atom stereocenters. The zero-order chi connectivity index (χ0) is 9.07. The first-order chi connectivity index (χ1) is 4.81. The van der Waals surface area contributed by atoms with E-state index in [-0.39, 0.29) is 17.7 Å². The van der Waals surface area contributed by atoms with Gasteiger partial charge in [-0.25, -0.2) is 0 Å². The van der Waals surface area contributed by atoms with E-state index in [1.807, 2.05) is 27.7 Å². The molecule has 1 unspecified atom stereocenters. The number of carbonyl (C=O) groups excluding carboxylic acids is 1.